The minimum atomic E-state index is -2.64. The second kappa shape index (κ2) is 46.1. The molecule has 0 aromatic heterocycles. The van der Waals surface area contributed by atoms with Crippen LogP contribution in [-0.4, -0.2) is 529 Å². The van der Waals surface area contributed by atoms with Gasteiger partial charge in [-0.15, -0.1) is 0 Å². The van der Waals surface area contributed by atoms with E-state index in [2.05, 4.69) is 31.9 Å². The standard InChI is InChI=1S/C72H120N6O50/c1-17-39(92)51(104)54(107)69(112-17)110-16-32-59(47(100)33(63(109)113-32)73-18(2)86)124-66-36(76-21(5)89)50(103)58(30(14-85)118-66)125-70-55(108)60(126-72-62(53(106)43(96)27(11-82)117-72)128-68-38(78-23(7)91)49(102)57(29(13-84)120-68)123-65-35(75-20(4)88)46(99)41(94)25(9-80)115-65)44(97)31(121-70)15-111-71-61(52(105)42(95)26(10-81)116-71)127-67-37(77-22(6)90)48(101)56(28(12-83)119-67)122-64-34(74-19(3)87)45(98)40(93)24(8-79)114-64/h17,24-72,79-85,92-109H,8-16H2,1-7H3,(H,73,86)(H,74,87)(H,75,88)(H,76,89)(H,77,90)(H,78,91)/t17-,24+,25+,26+,27+,28+,29+,30+,31+,32+,33+,34+,35+,36+,37+,38+,39+,40-,41-,42+,43+,44+,45+,46+,47+,48+,49+,50+,51+,52-,53-,54-,55-,56+,57+,58+,59+,60-,61-,62-,63?,64-,65-,66-,67-,68-,69?,70-,71-,72+/m0/s1. The molecule has 738 valence electrons. The van der Waals surface area contributed by atoms with Gasteiger partial charge in [-0.1, -0.05) is 0 Å². The molecule has 56 nitrogen and oxygen atoms in total. The van der Waals surface area contributed by atoms with Gasteiger partial charge in [0.1, 0.15) is 238 Å². The highest BCUT2D eigenvalue weighted by Crippen LogP contribution is 2.41. The topological polar surface area (TPSA) is 856 Å². The van der Waals surface area contributed by atoms with Crippen LogP contribution in [0.5, 0.6) is 0 Å². The molecule has 0 saturated carbocycles. The van der Waals surface area contributed by atoms with Gasteiger partial charge in [0.05, 0.1) is 65.6 Å². The number of rotatable bonds is 33. The molecule has 10 fully saturated rings. The van der Waals surface area contributed by atoms with Crippen LogP contribution in [0.3, 0.4) is 0 Å². The van der Waals surface area contributed by atoms with Crippen molar-refractivity contribution in [1.82, 2.24) is 31.9 Å². The van der Waals surface area contributed by atoms with Gasteiger partial charge in [0.15, 0.2) is 62.9 Å². The first-order chi connectivity index (χ1) is 60.5. The summed E-state index contributed by atoms with van der Waals surface area (Å²) in [7, 11) is 0. The lowest BCUT2D eigenvalue weighted by Crippen LogP contribution is -2.71. The number of carbonyl (C=O) groups excluding carboxylic acids is 6. The van der Waals surface area contributed by atoms with Crippen LogP contribution < -0.4 is 31.9 Å². The Bertz CT molecular complexity index is 3550. The molecular formula is C72H120N6O50. The van der Waals surface area contributed by atoms with E-state index in [9.17, 15) is 156 Å². The maximum atomic E-state index is 13.3. The third kappa shape index (κ3) is 23.8. The van der Waals surface area contributed by atoms with Crippen LogP contribution in [-0.2, 0) is 119 Å². The molecule has 56 heteroatoms. The number of amides is 6. The Labute approximate surface area is 726 Å². The SMILES string of the molecule is CC(=O)N[C@H]1[C@H](O[C@H]2[C@H](O)[C@@H](NC(C)=O)C(O)O[C@@H]2COC2O[C@@H](C)[C@@H](O)[C@@H](O)[C@@H]2O)O[C@H](CO)[C@@H](O[C@@H]2O[C@H](CO[C@H]3O[C@H](CO)[C@@H](O)[C@H](O)[C@@H]3O[C@@H]3O[C@H](CO)[C@@H](O[C@@H]4O[C@H](CO)[C@H](O)[C@H](O)[C@H]4NC(C)=O)[C@H](O)[C@H]3NC(C)=O)[C@@H](O)[C@H](O[C@H]3O[C@H](CO)[C@@H](O)[C@H](O)[C@@H]3O[C@@H]3O[C@H](CO)[C@@H](O[C@@H]4O[C@H](CO)[C@H](O)[C@H](O)[C@H]4NC(C)=O)[C@H](O)[C@H]3NC(C)=O)[C@@H]2O)[C@@H]1O. The molecule has 2 unspecified atom stereocenters. The number of aliphatic hydroxyl groups is 25. The smallest absolute Gasteiger partial charge is 0.217 e. The van der Waals surface area contributed by atoms with Crippen molar-refractivity contribution in [2.75, 3.05) is 59.5 Å². The van der Waals surface area contributed by atoms with Crippen molar-refractivity contribution < 1.29 is 246 Å². The maximum Gasteiger partial charge on any atom is 0.217 e. The van der Waals surface area contributed by atoms with Gasteiger partial charge >= 0.3 is 0 Å². The average Bonchev–Trinajstić information content (AvgIpc) is 0.763. The summed E-state index contributed by atoms with van der Waals surface area (Å²) in [6.45, 7) is -2.88. The van der Waals surface area contributed by atoms with E-state index in [-0.39, 0.29) is 0 Å². The van der Waals surface area contributed by atoms with E-state index in [1.165, 1.54) is 6.92 Å². The Balaban J connectivity index is 0.993. The van der Waals surface area contributed by atoms with Crippen LogP contribution in [0.2, 0.25) is 0 Å². The molecule has 50 atom stereocenters. The normalized spacial score (nSPS) is 47.8. The summed E-state index contributed by atoms with van der Waals surface area (Å²) in [4.78, 5) is 76.8. The third-order valence-corrected chi connectivity index (χ3v) is 23.2. The molecule has 31 N–H and O–H groups in total. The van der Waals surface area contributed by atoms with E-state index in [0.29, 0.717) is 0 Å². The molecular weight excluding hydrogens is 1750 g/mol. The van der Waals surface area contributed by atoms with Crippen molar-refractivity contribution in [1.29, 1.82) is 0 Å². The Morgan fingerprint density at radius 2 is 0.484 bits per heavy atom. The van der Waals surface area contributed by atoms with E-state index in [1.54, 1.807) is 0 Å². The first-order valence-electron chi connectivity index (χ1n) is 41.0. The fourth-order valence-corrected chi connectivity index (χ4v) is 16.6. The molecule has 10 aliphatic rings. The van der Waals surface area contributed by atoms with Gasteiger partial charge in [-0.2, -0.15) is 0 Å². The van der Waals surface area contributed by atoms with E-state index in [0.717, 1.165) is 41.5 Å². The van der Waals surface area contributed by atoms with Gasteiger partial charge in [-0.3, -0.25) is 28.8 Å². The van der Waals surface area contributed by atoms with Crippen LogP contribution >= 0.6 is 0 Å². The van der Waals surface area contributed by atoms with Crippen LogP contribution in [0.15, 0.2) is 0 Å². The molecule has 0 aliphatic carbocycles. The summed E-state index contributed by atoms with van der Waals surface area (Å²) in [5.74, 6) is -5.41. The highest BCUT2D eigenvalue weighted by atomic mass is 16.8. The van der Waals surface area contributed by atoms with Crippen molar-refractivity contribution in [2.24, 2.45) is 0 Å². The van der Waals surface area contributed by atoms with Gasteiger partial charge in [-0.25, -0.2) is 0 Å². The lowest BCUT2D eigenvalue weighted by atomic mass is 9.93. The van der Waals surface area contributed by atoms with E-state index < -0.39 is 402 Å². The van der Waals surface area contributed by atoms with Crippen molar-refractivity contribution in [3.63, 3.8) is 0 Å². The number of nitrogens with one attached hydrogen (secondary N) is 6. The Hall–Kier alpha value is -4.94. The summed E-state index contributed by atoms with van der Waals surface area (Å²) in [6, 6.07) is -11.1. The van der Waals surface area contributed by atoms with Gasteiger partial charge < -0.3 is 250 Å². The summed E-state index contributed by atoms with van der Waals surface area (Å²) >= 11 is 0. The second-order valence-electron chi connectivity index (χ2n) is 32.5. The van der Waals surface area contributed by atoms with E-state index in [4.69, 9.17) is 90.0 Å². The fourth-order valence-electron chi connectivity index (χ4n) is 16.6. The van der Waals surface area contributed by atoms with Crippen LogP contribution in [0.25, 0.3) is 0 Å². The van der Waals surface area contributed by atoms with Crippen molar-refractivity contribution in [3.8, 4) is 0 Å². The zero-order chi connectivity index (χ0) is 94.4. The largest absolute Gasteiger partial charge is 0.394 e. The number of hydrogen-bond acceptors (Lipinski definition) is 50. The molecule has 0 spiro atoms. The quantitative estimate of drug-likeness (QED) is 0.0290. The van der Waals surface area contributed by atoms with Crippen molar-refractivity contribution >= 4 is 35.4 Å². The van der Waals surface area contributed by atoms with E-state index in [1.807, 2.05) is 0 Å². The highest BCUT2D eigenvalue weighted by Gasteiger charge is 2.62. The van der Waals surface area contributed by atoms with E-state index >= 15 is 0 Å². The minimum absolute atomic E-state index is 0.812. The molecule has 0 radical (unpaired) electrons. The molecule has 0 aromatic rings. The Morgan fingerprint density at radius 1 is 0.219 bits per heavy atom. The molecule has 0 bridgehead atoms. The molecule has 6 amide bonds. The highest BCUT2D eigenvalue weighted by molar-refractivity contribution is 5.75. The van der Waals surface area contributed by atoms with Gasteiger partial charge in [0.25, 0.3) is 0 Å². The third-order valence-electron chi connectivity index (χ3n) is 23.2. The van der Waals surface area contributed by atoms with Crippen molar-refractivity contribution in [2.45, 2.75) is 355 Å². The first-order valence-corrected chi connectivity index (χ1v) is 41.0. The predicted octanol–water partition coefficient (Wildman–Crippen LogP) is -20.9. The summed E-state index contributed by atoms with van der Waals surface area (Å²) in [5.41, 5.74) is 0. The number of hydrogen-bond donors (Lipinski definition) is 31. The Kier molecular flexibility index (Phi) is 37.8. The zero-order valence-electron chi connectivity index (χ0n) is 69.6. The predicted molar refractivity (Wildman–Crippen MR) is 398 cm³/mol. The van der Waals surface area contributed by atoms with Gasteiger partial charge in [-0.05, 0) is 6.92 Å². The first kappa shape index (κ1) is 105. The summed E-state index contributed by atoms with van der Waals surface area (Å²) in [5, 5.41) is 297. The summed E-state index contributed by atoms with van der Waals surface area (Å²) < 4.78 is 114. The monoisotopic (exact) mass is 1870 g/mol. The second-order valence-corrected chi connectivity index (χ2v) is 32.5. The lowest BCUT2D eigenvalue weighted by molar-refractivity contribution is -0.398. The molecule has 10 saturated heterocycles. The number of aliphatic hydroxyl groups excluding tert-OH is 25. The maximum absolute atomic E-state index is 13.3. The van der Waals surface area contributed by atoms with Gasteiger partial charge in [0.2, 0.25) is 35.4 Å². The molecule has 128 heavy (non-hydrogen) atoms. The zero-order valence-corrected chi connectivity index (χ0v) is 69.6. The van der Waals surface area contributed by atoms with Crippen LogP contribution in [0.1, 0.15) is 48.5 Å². The molecule has 0 aromatic carbocycles. The molecule has 10 rings (SSSR count). The number of carbonyl (C=O) groups is 6. The number of ether oxygens (including phenoxy) is 19. The molecule has 10 aliphatic heterocycles. The van der Waals surface area contributed by atoms with Crippen molar-refractivity contribution in [3.05, 3.63) is 0 Å². The summed E-state index contributed by atoms with van der Waals surface area (Å²) in [6.07, 6.45) is -90.9. The molecule has 10 heterocycles. The van der Waals surface area contributed by atoms with Crippen LogP contribution in [0, 0.1) is 0 Å². The fraction of sp³-hybridized carbons (Fsp3) is 0.917. The van der Waals surface area contributed by atoms with Crippen LogP contribution in [0.4, 0.5) is 0 Å². The minimum Gasteiger partial charge on any atom is -0.394 e. The average molecular weight is 1870 g/mol. The Morgan fingerprint density at radius 3 is 0.852 bits per heavy atom. The van der Waals surface area contributed by atoms with Gasteiger partial charge in [0, 0.05) is 41.5 Å². The lowest BCUT2D eigenvalue weighted by Gasteiger charge is -2.51.